The Labute approximate surface area is 140 Å². The molecule has 2 aliphatic heterocycles. The first-order valence-corrected chi connectivity index (χ1v) is 9.07. The fourth-order valence-electron chi connectivity index (χ4n) is 2.89. The van der Waals surface area contributed by atoms with E-state index in [1.165, 1.54) is 12.1 Å². The number of nitrogens with zero attached hydrogens (tertiary/aromatic N) is 3. The number of benzene rings is 1. The van der Waals surface area contributed by atoms with E-state index < -0.39 is 5.60 Å². The van der Waals surface area contributed by atoms with Crippen molar-refractivity contribution in [2.75, 3.05) is 49.1 Å². The number of rotatable bonds is 3. The van der Waals surface area contributed by atoms with Crippen LogP contribution in [0.3, 0.4) is 0 Å². The lowest BCUT2D eigenvalue weighted by Gasteiger charge is -2.36. The zero-order chi connectivity index (χ0) is 16.3. The van der Waals surface area contributed by atoms with Crippen LogP contribution >= 0.6 is 11.8 Å². The first-order valence-electron chi connectivity index (χ1n) is 7.91. The van der Waals surface area contributed by atoms with E-state index in [4.69, 9.17) is 5.73 Å². The van der Waals surface area contributed by atoms with E-state index in [1.807, 2.05) is 4.90 Å². The van der Waals surface area contributed by atoms with E-state index >= 15 is 0 Å². The van der Waals surface area contributed by atoms with Crippen LogP contribution in [0.2, 0.25) is 0 Å². The van der Waals surface area contributed by atoms with Crippen LogP contribution in [0.1, 0.15) is 6.42 Å². The maximum Gasteiger partial charge on any atom is 0.191 e. The van der Waals surface area contributed by atoms with E-state index in [0.29, 0.717) is 12.5 Å². The summed E-state index contributed by atoms with van der Waals surface area (Å²) >= 11 is 1.76. The number of anilines is 1. The van der Waals surface area contributed by atoms with Crippen molar-refractivity contribution in [1.82, 2.24) is 4.90 Å². The van der Waals surface area contributed by atoms with Crippen LogP contribution in [-0.4, -0.2) is 65.8 Å². The Kier molecular flexibility index (Phi) is 4.96. The first-order chi connectivity index (χ1) is 11.1. The summed E-state index contributed by atoms with van der Waals surface area (Å²) in [6, 6.07) is 6.57. The number of nitrogens with two attached hydrogens (primary N) is 1. The third-order valence-corrected chi connectivity index (χ3v) is 5.65. The summed E-state index contributed by atoms with van der Waals surface area (Å²) in [5.74, 6) is 2.02. The van der Waals surface area contributed by atoms with Crippen LogP contribution < -0.4 is 10.6 Å². The van der Waals surface area contributed by atoms with Crippen molar-refractivity contribution >= 4 is 23.4 Å². The molecule has 23 heavy (non-hydrogen) atoms. The lowest BCUT2D eigenvalue weighted by Crippen LogP contribution is -2.51. The van der Waals surface area contributed by atoms with E-state index in [0.717, 1.165) is 49.8 Å². The molecule has 126 valence electrons. The molecule has 0 radical (unpaired) electrons. The zero-order valence-corrected chi connectivity index (χ0v) is 13.9. The summed E-state index contributed by atoms with van der Waals surface area (Å²) in [4.78, 5) is 8.66. The Bertz CT molecular complexity index is 552. The standard InChI is InChI=1S/C16H23FN4OS/c17-13-1-3-14(4-2-13)20-6-8-21(9-7-20)15(18)19-11-16(22)5-10-23-12-16/h1-4,22H,5-12H2,(H2,18,19). The minimum absolute atomic E-state index is 0.216. The minimum atomic E-state index is -0.689. The highest BCUT2D eigenvalue weighted by molar-refractivity contribution is 7.99. The van der Waals surface area contributed by atoms with Crippen LogP contribution in [0.25, 0.3) is 0 Å². The Hall–Kier alpha value is -1.47. The van der Waals surface area contributed by atoms with Gasteiger partial charge in [-0.05, 0) is 36.4 Å². The molecule has 0 saturated carbocycles. The molecule has 0 aromatic heterocycles. The summed E-state index contributed by atoms with van der Waals surface area (Å²) in [5, 5.41) is 10.3. The maximum absolute atomic E-state index is 13.0. The second-order valence-electron chi connectivity index (χ2n) is 6.15. The molecule has 2 saturated heterocycles. The van der Waals surface area contributed by atoms with Crippen molar-refractivity contribution in [2.24, 2.45) is 10.7 Å². The second-order valence-corrected chi connectivity index (χ2v) is 7.26. The topological polar surface area (TPSA) is 65.1 Å². The van der Waals surface area contributed by atoms with Gasteiger partial charge in [0.15, 0.2) is 5.96 Å². The summed E-state index contributed by atoms with van der Waals surface area (Å²) in [6.07, 6.45) is 0.785. The molecule has 1 atom stereocenters. The molecule has 1 aromatic carbocycles. The van der Waals surface area contributed by atoms with Gasteiger partial charge in [-0.15, -0.1) is 0 Å². The highest BCUT2D eigenvalue weighted by Gasteiger charge is 2.31. The molecule has 1 aromatic rings. The molecular weight excluding hydrogens is 315 g/mol. The van der Waals surface area contributed by atoms with E-state index in [2.05, 4.69) is 9.89 Å². The first kappa shape index (κ1) is 16.4. The van der Waals surface area contributed by atoms with Crippen LogP contribution in [0.4, 0.5) is 10.1 Å². The quantitative estimate of drug-likeness (QED) is 0.639. The molecule has 3 N–H and O–H groups in total. The molecule has 0 bridgehead atoms. The molecule has 7 heteroatoms. The molecule has 1 unspecified atom stereocenters. The number of guanidine groups is 1. The molecule has 0 aliphatic carbocycles. The molecule has 2 fully saturated rings. The number of halogens is 1. The third-order valence-electron chi connectivity index (χ3n) is 4.41. The maximum atomic E-state index is 13.0. The highest BCUT2D eigenvalue weighted by Crippen LogP contribution is 2.28. The van der Waals surface area contributed by atoms with Crippen LogP contribution in [-0.2, 0) is 0 Å². The second kappa shape index (κ2) is 6.97. The van der Waals surface area contributed by atoms with Gasteiger partial charge in [0.25, 0.3) is 0 Å². The van der Waals surface area contributed by atoms with Gasteiger partial charge in [-0.3, -0.25) is 4.99 Å². The minimum Gasteiger partial charge on any atom is -0.387 e. The van der Waals surface area contributed by atoms with Crippen LogP contribution in [0.15, 0.2) is 29.3 Å². The number of hydrogen-bond donors (Lipinski definition) is 2. The van der Waals surface area contributed by atoms with Gasteiger partial charge in [-0.2, -0.15) is 11.8 Å². The molecule has 2 heterocycles. The van der Waals surface area contributed by atoms with Crippen LogP contribution in [0.5, 0.6) is 0 Å². The average molecular weight is 338 g/mol. The Morgan fingerprint density at radius 2 is 1.96 bits per heavy atom. The van der Waals surface area contributed by atoms with Crippen molar-refractivity contribution in [3.05, 3.63) is 30.1 Å². The van der Waals surface area contributed by atoms with Gasteiger partial charge in [0, 0.05) is 37.6 Å². The van der Waals surface area contributed by atoms with Crippen molar-refractivity contribution in [3.63, 3.8) is 0 Å². The van der Waals surface area contributed by atoms with Gasteiger partial charge in [0.05, 0.1) is 12.1 Å². The molecule has 3 rings (SSSR count). The highest BCUT2D eigenvalue weighted by atomic mass is 32.2. The number of piperazine rings is 1. The molecule has 5 nitrogen and oxygen atoms in total. The number of aliphatic imine (C=N–C) groups is 1. The molecular formula is C16H23FN4OS. The van der Waals surface area contributed by atoms with Crippen molar-refractivity contribution in [2.45, 2.75) is 12.0 Å². The average Bonchev–Trinajstić information content (AvgIpc) is 3.01. The van der Waals surface area contributed by atoms with E-state index in [1.54, 1.807) is 23.9 Å². The monoisotopic (exact) mass is 338 g/mol. The third kappa shape index (κ3) is 4.09. The fraction of sp³-hybridized carbons (Fsp3) is 0.562. The zero-order valence-electron chi connectivity index (χ0n) is 13.1. The van der Waals surface area contributed by atoms with Gasteiger partial charge in [-0.1, -0.05) is 0 Å². The van der Waals surface area contributed by atoms with Gasteiger partial charge in [-0.25, -0.2) is 4.39 Å². The fourth-order valence-corrected chi connectivity index (χ4v) is 4.18. The lowest BCUT2D eigenvalue weighted by atomic mass is 10.1. The number of aliphatic hydroxyl groups is 1. The molecule has 2 aliphatic rings. The number of hydrogen-bond acceptors (Lipinski definition) is 4. The van der Waals surface area contributed by atoms with Crippen molar-refractivity contribution in [3.8, 4) is 0 Å². The Morgan fingerprint density at radius 3 is 2.57 bits per heavy atom. The summed E-state index contributed by atoms with van der Waals surface area (Å²) < 4.78 is 13.0. The smallest absolute Gasteiger partial charge is 0.191 e. The number of thioether (sulfide) groups is 1. The van der Waals surface area contributed by atoms with E-state index in [9.17, 15) is 9.50 Å². The summed E-state index contributed by atoms with van der Waals surface area (Å²) in [6.45, 7) is 3.58. The molecule has 0 spiro atoms. The van der Waals surface area contributed by atoms with Gasteiger partial charge < -0.3 is 20.6 Å². The summed E-state index contributed by atoms with van der Waals surface area (Å²) in [7, 11) is 0. The molecule has 0 amide bonds. The van der Waals surface area contributed by atoms with Gasteiger partial charge in [0.2, 0.25) is 0 Å². The van der Waals surface area contributed by atoms with Gasteiger partial charge in [0.1, 0.15) is 5.82 Å². The Balaban J connectivity index is 1.52. The largest absolute Gasteiger partial charge is 0.387 e. The lowest BCUT2D eigenvalue weighted by molar-refractivity contribution is 0.0776. The predicted octanol–water partition coefficient (Wildman–Crippen LogP) is 1.13. The van der Waals surface area contributed by atoms with Crippen LogP contribution in [0, 0.1) is 5.82 Å². The van der Waals surface area contributed by atoms with E-state index in [-0.39, 0.29) is 5.82 Å². The summed E-state index contributed by atoms with van der Waals surface area (Å²) in [5.41, 5.74) is 6.42. The Morgan fingerprint density at radius 1 is 1.26 bits per heavy atom. The van der Waals surface area contributed by atoms with Gasteiger partial charge >= 0.3 is 0 Å². The van der Waals surface area contributed by atoms with Crippen molar-refractivity contribution < 1.29 is 9.50 Å². The van der Waals surface area contributed by atoms with Crippen molar-refractivity contribution in [1.29, 1.82) is 0 Å². The normalized spacial score (nSPS) is 25.9. The SMILES string of the molecule is NC(=NCC1(O)CCSC1)N1CCN(c2ccc(F)cc2)CC1. The predicted molar refractivity (Wildman–Crippen MR) is 93.6 cm³/mol.